The van der Waals surface area contributed by atoms with Crippen LogP contribution in [0, 0.1) is 17.8 Å². The second kappa shape index (κ2) is 8.70. The highest BCUT2D eigenvalue weighted by Gasteiger charge is 2.68. The molecule has 1 amide bonds. The summed E-state index contributed by atoms with van der Waals surface area (Å²) in [6.07, 6.45) is -1.41. The number of carbonyl (C=O) groups excluding carboxylic acids is 4. The maximum atomic E-state index is 13.7. The fourth-order valence-electron chi connectivity index (χ4n) is 5.96. The summed E-state index contributed by atoms with van der Waals surface area (Å²) in [5, 5.41) is 44.9. The van der Waals surface area contributed by atoms with Crippen LogP contribution < -0.4 is 5.73 Å². The first kappa shape index (κ1) is 26.4. The molecule has 0 saturated heterocycles. The van der Waals surface area contributed by atoms with Crippen LogP contribution in [0.25, 0.3) is 0 Å². The molecule has 1 aromatic rings. The Kier molecular flexibility index (Phi) is 6.20. The van der Waals surface area contributed by atoms with Gasteiger partial charge >= 0.3 is 5.97 Å². The number of hydrogen-bond acceptors (Lipinski definition) is 10. The summed E-state index contributed by atoms with van der Waals surface area (Å²) in [6.45, 7) is 4.85. The highest BCUT2D eigenvalue weighted by molar-refractivity contribution is 6.25. The largest absolute Gasteiger partial charge is 0.510 e. The molecule has 37 heavy (non-hydrogen) atoms. The Hall–Kier alpha value is -3.70. The van der Waals surface area contributed by atoms with Crippen LogP contribution in [-0.2, 0) is 19.1 Å². The summed E-state index contributed by atoms with van der Waals surface area (Å²) < 4.78 is 5.85. The van der Waals surface area contributed by atoms with Crippen molar-refractivity contribution in [2.45, 2.75) is 44.4 Å². The van der Waals surface area contributed by atoms with Crippen molar-refractivity contribution < 1.29 is 44.3 Å². The standard InChI is InChI=1S/C26H30N2O9/c1-9(2)25(35)37-21-13-10(3)11-7-6-8-12(29)14(11)19(30)15(13)22(32)26(36)17(21)18(28(4)5)20(31)16(23(26)33)24(27)34/h6-10,13,17-18,21,29,31-32,36H,1-5H3,(H2,27,34)/t10-,13+,17+,18-,21-,26-/m1/s1. The van der Waals surface area contributed by atoms with Gasteiger partial charge in [0.2, 0.25) is 5.78 Å². The quantitative estimate of drug-likeness (QED) is 0.285. The molecular weight excluding hydrogens is 484 g/mol. The number of hydrogen-bond donors (Lipinski definition) is 5. The first-order valence-corrected chi connectivity index (χ1v) is 11.8. The van der Waals surface area contributed by atoms with E-state index in [1.54, 1.807) is 32.9 Å². The number of aliphatic hydroxyl groups is 3. The molecule has 11 heteroatoms. The van der Waals surface area contributed by atoms with Crippen molar-refractivity contribution in [3.8, 4) is 5.75 Å². The van der Waals surface area contributed by atoms with E-state index in [0.717, 1.165) is 0 Å². The molecule has 3 aliphatic rings. The molecule has 0 fully saturated rings. The normalized spacial score (nSPS) is 31.3. The number of esters is 1. The van der Waals surface area contributed by atoms with Gasteiger partial charge in [0.15, 0.2) is 11.4 Å². The number of nitrogens with two attached hydrogens (primary N) is 1. The molecule has 11 nitrogen and oxygen atoms in total. The number of fused-ring (bicyclic) bond motifs is 3. The molecule has 0 aromatic heterocycles. The summed E-state index contributed by atoms with van der Waals surface area (Å²) >= 11 is 0. The molecule has 3 aliphatic carbocycles. The zero-order valence-electron chi connectivity index (χ0n) is 21.1. The second-order valence-corrected chi connectivity index (χ2v) is 10.4. The average molecular weight is 515 g/mol. The number of carbonyl (C=O) groups is 4. The first-order valence-electron chi connectivity index (χ1n) is 11.8. The predicted molar refractivity (Wildman–Crippen MR) is 128 cm³/mol. The lowest BCUT2D eigenvalue weighted by Crippen LogP contribution is -2.69. The van der Waals surface area contributed by atoms with E-state index in [1.165, 1.54) is 25.1 Å². The molecule has 0 spiro atoms. The summed E-state index contributed by atoms with van der Waals surface area (Å²) in [5.41, 5.74) is 1.36. The molecule has 1 aromatic carbocycles. The molecule has 4 rings (SSSR count). The van der Waals surface area contributed by atoms with Crippen molar-refractivity contribution >= 4 is 23.4 Å². The van der Waals surface area contributed by atoms with E-state index in [0.29, 0.717) is 5.56 Å². The highest BCUT2D eigenvalue weighted by Crippen LogP contribution is 2.56. The SMILES string of the molecule is CC(C)C(=O)O[C@@H]1[C@@H]2C(=C(O)[C@@]3(O)C(=O)C(C(N)=O)=C(O)[C@H](N(C)C)[C@@H]13)C(=O)c1c(O)cccc1[C@H]2C. The first-order chi connectivity index (χ1) is 17.2. The lowest BCUT2D eigenvalue weighted by atomic mass is 9.55. The number of aromatic hydroxyl groups is 1. The summed E-state index contributed by atoms with van der Waals surface area (Å²) in [7, 11) is 2.99. The van der Waals surface area contributed by atoms with Gasteiger partial charge in [-0.05, 0) is 31.6 Å². The highest BCUT2D eigenvalue weighted by atomic mass is 16.5. The van der Waals surface area contributed by atoms with Crippen molar-refractivity contribution in [3.05, 3.63) is 52.0 Å². The number of primary amides is 1. The van der Waals surface area contributed by atoms with Gasteiger partial charge in [-0.2, -0.15) is 0 Å². The van der Waals surface area contributed by atoms with Crippen LogP contribution in [0.3, 0.4) is 0 Å². The zero-order chi connectivity index (χ0) is 27.7. The topological polar surface area (TPSA) is 188 Å². The molecule has 0 saturated carbocycles. The van der Waals surface area contributed by atoms with Gasteiger partial charge in [-0.3, -0.25) is 24.1 Å². The van der Waals surface area contributed by atoms with Crippen LogP contribution in [0.15, 0.2) is 40.9 Å². The van der Waals surface area contributed by atoms with Gasteiger partial charge in [0.25, 0.3) is 5.91 Å². The van der Waals surface area contributed by atoms with E-state index in [4.69, 9.17) is 10.5 Å². The predicted octanol–water partition coefficient (Wildman–Crippen LogP) is 0.859. The van der Waals surface area contributed by atoms with Gasteiger partial charge in [0, 0.05) is 11.5 Å². The maximum absolute atomic E-state index is 13.7. The van der Waals surface area contributed by atoms with Gasteiger partial charge in [-0.25, -0.2) is 0 Å². The molecule has 0 unspecified atom stereocenters. The Morgan fingerprint density at radius 2 is 1.76 bits per heavy atom. The van der Waals surface area contributed by atoms with Crippen LogP contribution in [0.2, 0.25) is 0 Å². The van der Waals surface area contributed by atoms with Crippen molar-refractivity contribution in [1.29, 1.82) is 0 Å². The van der Waals surface area contributed by atoms with Crippen molar-refractivity contribution in [3.63, 3.8) is 0 Å². The molecule has 0 radical (unpaired) electrons. The van der Waals surface area contributed by atoms with E-state index in [-0.39, 0.29) is 11.3 Å². The average Bonchev–Trinajstić information content (AvgIpc) is 2.80. The van der Waals surface area contributed by atoms with Gasteiger partial charge in [-0.15, -0.1) is 0 Å². The van der Waals surface area contributed by atoms with Crippen LogP contribution in [0.1, 0.15) is 42.6 Å². The minimum absolute atomic E-state index is 0.121. The Balaban J connectivity index is 2.11. The Bertz CT molecular complexity index is 1290. The number of aliphatic hydroxyl groups excluding tert-OH is 2. The number of nitrogens with zero attached hydrogens (tertiary/aromatic N) is 1. The van der Waals surface area contributed by atoms with Gasteiger partial charge < -0.3 is 30.9 Å². The Morgan fingerprint density at radius 1 is 1.14 bits per heavy atom. The number of rotatable bonds is 4. The number of Topliss-reactive ketones (excluding diaryl/α,β-unsaturated/α-hetero) is 2. The maximum Gasteiger partial charge on any atom is 0.308 e. The summed E-state index contributed by atoms with van der Waals surface area (Å²) in [6, 6.07) is 3.14. The molecular formula is C26H30N2O9. The van der Waals surface area contributed by atoms with E-state index < -0.39 is 87.5 Å². The minimum Gasteiger partial charge on any atom is -0.510 e. The van der Waals surface area contributed by atoms with Gasteiger partial charge in [0.05, 0.1) is 23.4 Å². The van der Waals surface area contributed by atoms with Crippen LogP contribution in [0.5, 0.6) is 5.75 Å². The van der Waals surface area contributed by atoms with Crippen LogP contribution >= 0.6 is 0 Å². The van der Waals surface area contributed by atoms with Crippen molar-refractivity contribution in [1.82, 2.24) is 4.90 Å². The summed E-state index contributed by atoms with van der Waals surface area (Å²) in [4.78, 5) is 53.8. The number of benzene rings is 1. The number of ketones is 2. The zero-order valence-corrected chi connectivity index (χ0v) is 21.1. The Morgan fingerprint density at radius 3 is 2.30 bits per heavy atom. The monoisotopic (exact) mass is 514 g/mol. The molecule has 6 atom stereocenters. The molecule has 0 bridgehead atoms. The second-order valence-electron chi connectivity index (χ2n) is 10.4. The number of amides is 1. The fraction of sp³-hybridized carbons (Fsp3) is 0.462. The third kappa shape index (κ3) is 3.48. The number of likely N-dealkylation sites (N-methyl/N-ethyl adjacent to an activating group) is 1. The fourth-order valence-corrected chi connectivity index (χ4v) is 5.96. The van der Waals surface area contributed by atoms with Crippen LogP contribution in [0.4, 0.5) is 0 Å². The minimum atomic E-state index is -2.95. The molecule has 6 N–H and O–H groups in total. The summed E-state index contributed by atoms with van der Waals surface area (Å²) in [5.74, 6) is -10.3. The van der Waals surface area contributed by atoms with Crippen LogP contribution in [-0.4, -0.2) is 80.6 Å². The van der Waals surface area contributed by atoms with E-state index in [1.807, 2.05) is 0 Å². The van der Waals surface area contributed by atoms with Crippen molar-refractivity contribution in [2.24, 2.45) is 23.5 Å². The van der Waals surface area contributed by atoms with Gasteiger partial charge in [-0.1, -0.05) is 32.9 Å². The lowest BCUT2D eigenvalue weighted by molar-refractivity contribution is -0.183. The number of phenolic OH excluding ortho intramolecular Hbond substituents is 1. The molecule has 0 aliphatic heterocycles. The van der Waals surface area contributed by atoms with E-state index in [2.05, 4.69) is 0 Å². The lowest BCUT2D eigenvalue weighted by Gasteiger charge is -2.54. The number of phenols is 1. The molecule has 0 heterocycles. The van der Waals surface area contributed by atoms with E-state index in [9.17, 15) is 39.6 Å². The third-order valence-corrected chi connectivity index (χ3v) is 7.69. The number of ether oxygens (including phenoxy) is 1. The van der Waals surface area contributed by atoms with Gasteiger partial charge in [0.1, 0.15) is 28.9 Å². The van der Waals surface area contributed by atoms with E-state index >= 15 is 0 Å². The Labute approximate surface area is 212 Å². The third-order valence-electron chi connectivity index (χ3n) is 7.69. The molecule has 198 valence electrons. The smallest absolute Gasteiger partial charge is 0.308 e. The van der Waals surface area contributed by atoms with Crippen molar-refractivity contribution in [2.75, 3.05) is 14.1 Å².